The zero-order valence-electron chi connectivity index (χ0n) is 9.35. The molecule has 0 spiro atoms. The smallest absolute Gasteiger partial charge is 0.220 e. The topological polar surface area (TPSA) is 75.4 Å². The maximum absolute atomic E-state index is 11.4. The van der Waals surface area contributed by atoms with Gasteiger partial charge < -0.3 is 16.2 Å². The summed E-state index contributed by atoms with van der Waals surface area (Å²) in [5.41, 5.74) is 6.27. The number of hydrogen-bond donors (Lipinski definition) is 3. The van der Waals surface area contributed by atoms with Crippen LogP contribution in [-0.2, 0) is 4.79 Å². The number of nitrogens with two attached hydrogens (primary N) is 1. The fourth-order valence-corrected chi connectivity index (χ4v) is 1.97. The summed E-state index contributed by atoms with van der Waals surface area (Å²) in [5.74, 6) is 0.116. The number of nitrogens with one attached hydrogen (secondary N) is 1. The van der Waals surface area contributed by atoms with Crippen molar-refractivity contribution in [2.75, 3.05) is 13.1 Å². The van der Waals surface area contributed by atoms with E-state index < -0.39 is 6.10 Å². The minimum absolute atomic E-state index is 0.0628. The molecule has 90 valence electrons. The first-order valence-corrected chi connectivity index (χ1v) is 6.24. The highest BCUT2D eigenvalue weighted by molar-refractivity contribution is 7.07. The number of aliphatic hydroxyl groups is 1. The summed E-state index contributed by atoms with van der Waals surface area (Å²) in [4.78, 5) is 11.4. The maximum atomic E-state index is 11.4. The van der Waals surface area contributed by atoms with Gasteiger partial charge in [-0.3, -0.25) is 4.79 Å². The molecule has 0 bridgehead atoms. The van der Waals surface area contributed by atoms with E-state index in [9.17, 15) is 9.90 Å². The van der Waals surface area contributed by atoms with E-state index in [0.29, 0.717) is 13.0 Å². The fourth-order valence-electron chi connectivity index (χ4n) is 1.26. The lowest BCUT2D eigenvalue weighted by Crippen LogP contribution is -2.30. The van der Waals surface area contributed by atoms with Crippen molar-refractivity contribution in [2.45, 2.75) is 19.4 Å². The van der Waals surface area contributed by atoms with E-state index >= 15 is 0 Å². The SMILES string of the molecule is CC(CN)CC(=O)NCC(O)c1ccsc1. The Hall–Kier alpha value is -0.910. The van der Waals surface area contributed by atoms with Crippen LogP contribution in [0.15, 0.2) is 16.8 Å². The molecule has 1 rings (SSSR count). The van der Waals surface area contributed by atoms with Crippen LogP contribution in [0.1, 0.15) is 25.0 Å². The summed E-state index contributed by atoms with van der Waals surface area (Å²) >= 11 is 1.53. The first kappa shape index (κ1) is 13.2. The molecule has 0 fully saturated rings. The molecule has 5 heteroatoms. The number of hydrogen-bond acceptors (Lipinski definition) is 4. The van der Waals surface area contributed by atoms with Crippen LogP contribution in [0, 0.1) is 5.92 Å². The summed E-state index contributed by atoms with van der Waals surface area (Å²) < 4.78 is 0. The highest BCUT2D eigenvalue weighted by atomic mass is 32.1. The Morgan fingerprint density at radius 1 is 1.69 bits per heavy atom. The van der Waals surface area contributed by atoms with Crippen molar-refractivity contribution in [3.63, 3.8) is 0 Å². The maximum Gasteiger partial charge on any atom is 0.220 e. The molecule has 0 aromatic carbocycles. The van der Waals surface area contributed by atoms with E-state index in [4.69, 9.17) is 5.73 Å². The van der Waals surface area contributed by atoms with Crippen LogP contribution in [0.2, 0.25) is 0 Å². The molecule has 0 aliphatic carbocycles. The van der Waals surface area contributed by atoms with Gasteiger partial charge in [0, 0.05) is 13.0 Å². The summed E-state index contributed by atoms with van der Waals surface area (Å²) in [6.45, 7) is 2.68. The summed E-state index contributed by atoms with van der Waals surface area (Å²) in [5, 5.41) is 16.2. The van der Waals surface area contributed by atoms with E-state index in [2.05, 4.69) is 5.32 Å². The van der Waals surface area contributed by atoms with Crippen LogP contribution < -0.4 is 11.1 Å². The van der Waals surface area contributed by atoms with E-state index in [0.717, 1.165) is 5.56 Å². The lowest BCUT2D eigenvalue weighted by Gasteiger charge is -2.12. The van der Waals surface area contributed by atoms with E-state index in [1.165, 1.54) is 11.3 Å². The molecule has 0 saturated heterocycles. The lowest BCUT2D eigenvalue weighted by molar-refractivity contribution is -0.122. The highest BCUT2D eigenvalue weighted by Crippen LogP contribution is 2.15. The minimum atomic E-state index is -0.622. The number of amides is 1. The summed E-state index contributed by atoms with van der Waals surface area (Å²) in [6.07, 6.45) is -0.212. The van der Waals surface area contributed by atoms with Gasteiger partial charge >= 0.3 is 0 Å². The van der Waals surface area contributed by atoms with Gasteiger partial charge in [0.1, 0.15) is 0 Å². The third-order valence-corrected chi connectivity index (χ3v) is 3.06. The Balaban J connectivity index is 2.26. The second kappa shape index (κ2) is 6.62. The Labute approximate surface area is 99.5 Å². The summed E-state index contributed by atoms with van der Waals surface area (Å²) in [7, 11) is 0. The van der Waals surface area contributed by atoms with Gasteiger partial charge in [-0.2, -0.15) is 11.3 Å². The molecule has 1 aromatic heterocycles. The minimum Gasteiger partial charge on any atom is -0.387 e. The van der Waals surface area contributed by atoms with Gasteiger partial charge in [0.15, 0.2) is 0 Å². The Morgan fingerprint density at radius 2 is 2.44 bits per heavy atom. The molecule has 4 N–H and O–H groups in total. The van der Waals surface area contributed by atoms with Crippen molar-refractivity contribution in [2.24, 2.45) is 11.7 Å². The molecule has 0 saturated carbocycles. The molecule has 1 aromatic rings. The highest BCUT2D eigenvalue weighted by Gasteiger charge is 2.11. The monoisotopic (exact) mass is 242 g/mol. The number of carbonyl (C=O) groups is 1. The van der Waals surface area contributed by atoms with E-state index in [1.54, 1.807) is 0 Å². The van der Waals surface area contributed by atoms with Gasteiger partial charge in [-0.1, -0.05) is 6.92 Å². The number of thiophene rings is 1. The van der Waals surface area contributed by atoms with Gasteiger partial charge in [-0.15, -0.1) is 0 Å². The predicted octanol–water partition coefficient (Wildman–Crippen LogP) is 0.883. The number of carbonyl (C=O) groups excluding carboxylic acids is 1. The van der Waals surface area contributed by atoms with Crippen LogP contribution in [0.4, 0.5) is 0 Å². The third kappa shape index (κ3) is 4.30. The van der Waals surface area contributed by atoms with Crippen molar-refractivity contribution in [3.05, 3.63) is 22.4 Å². The molecule has 4 nitrogen and oxygen atoms in total. The molecule has 1 amide bonds. The zero-order valence-corrected chi connectivity index (χ0v) is 10.2. The van der Waals surface area contributed by atoms with Crippen molar-refractivity contribution in [1.29, 1.82) is 0 Å². The molecular weight excluding hydrogens is 224 g/mol. The Morgan fingerprint density at radius 3 is 3.00 bits per heavy atom. The van der Waals surface area contributed by atoms with Crippen molar-refractivity contribution in [1.82, 2.24) is 5.32 Å². The number of rotatable bonds is 6. The van der Waals surface area contributed by atoms with Crippen LogP contribution in [0.5, 0.6) is 0 Å². The first-order chi connectivity index (χ1) is 7.63. The Kier molecular flexibility index (Phi) is 5.45. The number of aliphatic hydroxyl groups excluding tert-OH is 1. The molecule has 2 unspecified atom stereocenters. The van der Waals surface area contributed by atoms with Gasteiger partial charge in [-0.25, -0.2) is 0 Å². The fraction of sp³-hybridized carbons (Fsp3) is 0.545. The van der Waals surface area contributed by atoms with Crippen LogP contribution in [0.3, 0.4) is 0 Å². The first-order valence-electron chi connectivity index (χ1n) is 5.30. The standard InChI is InChI=1S/C11H18N2O2S/c1-8(5-12)4-11(15)13-6-10(14)9-2-3-16-7-9/h2-3,7-8,10,14H,4-6,12H2,1H3,(H,13,15). The van der Waals surface area contributed by atoms with Crippen LogP contribution >= 0.6 is 11.3 Å². The molecule has 0 aliphatic rings. The molecule has 0 aliphatic heterocycles. The molecule has 16 heavy (non-hydrogen) atoms. The summed E-state index contributed by atoms with van der Waals surface area (Å²) in [6, 6.07) is 1.85. The molecule has 1 heterocycles. The average Bonchev–Trinajstić information content (AvgIpc) is 2.79. The van der Waals surface area contributed by atoms with Gasteiger partial charge in [0.2, 0.25) is 5.91 Å². The van der Waals surface area contributed by atoms with E-state index in [1.807, 2.05) is 23.8 Å². The Bertz CT molecular complexity index is 314. The second-order valence-electron chi connectivity index (χ2n) is 3.92. The normalized spacial score (nSPS) is 14.4. The molecule has 0 radical (unpaired) electrons. The second-order valence-corrected chi connectivity index (χ2v) is 4.70. The van der Waals surface area contributed by atoms with Crippen molar-refractivity contribution < 1.29 is 9.90 Å². The average molecular weight is 242 g/mol. The lowest BCUT2D eigenvalue weighted by atomic mass is 10.1. The van der Waals surface area contributed by atoms with Crippen molar-refractivity contribution in [3.8, 4) is 0 Å². The van der Waals surface area contributed by atoms with Crippen molar-refractivity contribution >= 4 is 17.2 Å². The third-order valence-electron chi connectivity index (χ3n) is 2.36. The molecular formula is C11H18N2O2S. The molecule has 2 atom stereocenters. The van der Waals surface area contributed by atoms with E-state index in [-0.39, 0.29) is 18.4 Å². The zero-order chi connectivity index (χ0) is 12.0. The largest absolute Gasteiger partial charge is 0.387 e. The van der Waals surface area contributed by atoms with Gasteiger partial charge in [-0.05, 0) is 34.9 Å². The van der Waals surface area contributed by atoms with Crippen LogP contribution in [-0.4, -0.2) is 24.1 Å². The van der Waals surface area contributed by atoms with Crippen LogP contribution in [0.25, 0.3) is 0 Å². The predicted molar refractivity (Wildman–Crippen MR) is 65.1 cm³/mol. The van der Waals surface area contributed by atoms with Gasteiger partial charge in [0.05, 0.1) is 6.10 Å². The van der Waals surface area contributed by atoms with Gasteiger partial charge in [0.25, 0.3) is 0 Å². The quantitative estimate of drug-likeness (QED) is 0.693.